The zero-order valence-electron chi connectivity index (χ0n) is 11.7. The van der Waals surface area contributed by atoms with Gasteiger partial charge in [0.25, 0.3) is 0 Å². The van der Waals surface area contributed by atoms with Crippen LogP contribution in [-0.2, 0) is 10.2 Å². The number of hydrogen-bond acceptors (Lipinski definition) is 1. The van der Waals surface area contributed by atoms with Gasteiger partial charge in [0, 0.05) is 5.56 Å². The number of benzene rings is 2. The van der Waals surface area contributed by atoms with E-state index in [-0.39, 0.29) is 5.56 Å². The molecule has 1 amide bonds. The second-order valence-electron chi connectivity index (χ2n) is 5.47. The number of rotatable bonds is 3. The highest BCUT2D eigenvalue weighted by Gasteiger charge is 2.47. The van der Waals surface area contributed by atoms with E-state index in [1.165, 1.54) is 12.1 Å². The first-order valence-corrected chi connectivity index (χ1v) is 7.05. The molecule has 3 rings (SSSR count). The summed E-state index contributed by atoms with van der Waals surface area (Å²) in [6.07, 6.45) is 1.67. The molecule has 2 aromatic carbocycles. The Morgan fingerprint density at radius 1 is 0.909 bits per heavy atom. The van der Waals surface area contributed by atoms with E-state index in [2.05, 4.69) is 5.32 Å². The lowest BCUT2D eigenvalue weighted by Crippen LogP contribution is -2.46. The summed E-state index contributed by atoms with van der Waals surface area (Å²) in [5.74, 6) is -2.76. The first kappa shape index (κ1) is 14.6. The fourth-order valence-electron chi connectivity index (χ4n) is 2.85. The van der Waals surface area contributed by atoms with Crippen LogP contribution in [0.2, 0.25) is 0 Å². The molecule has 114 valence electrons. The van der Waals surface area contributed by atoms with Crippen LogP contribution in [0.4, 0.5) is 18.9 Å². The van der Waals surface area contributed by atoms with Crippen LogP contribution >= 0.6 is 0 Å². The van der Waals surface area contributed by atoms with Crippen molar-refractivity contribution in [3.63, 3.8) is 0 Å². The summed E-state index contributed by atoms with van der Waals surface area (Å²) in [6.45, 7) is 0. The minimum atomic E-state index is -1.06. The van der Waals surface area contributed by atoms with Crippen molar-refractivity contribution in [1.82, 2.24) is 0 Å². The largest absolute Gasteiger partial charge is 0.320 e. The number of anilines is 1. The van der Waals surface area contributed by atoms with Gasteiger partial charge in [0.2, 0.25) is 5.91 Å². The van der Waals surface area contributed by atoms with Crippen molar-refractivity contribution in [2.45, 2.75) is 24.7 Å². The lowest BCUT2D eigenvalue weighted by atomic mass is 9.63. The molecule has 0 aromatic heterocycles. The van der Waals surface area contributed by atoms with Gasteiger partial charge < -0.3 is 5.32 Å². The summed E-state index contributed by atoms with van der Waals surface area (Å²) in [7, 11) is 0. The van der Waals surface area contributed by atoms with E-state index in [0.29, 0.717) is 12.8 Å². The molecule has 0 aliphatic heterocycles. The monoisotopic (exact) mass is 305 g/mol. The number of para-hydroxylation sites is 1. The molecule has 0 spiro atoms. The van der Waals surface area contributed by atoms with Crippen LogP contribution in [-0.4, -0.2) is 5.91 Å². The smallest absolute Gasteiger partial charge is 0.235 e. The van der Waals surface area contributed by atoms with Gasteiger partial charge in [-0.25, -0.2) is 13.2 Å². The minimum Gasteiger partial charge on any atom is -0.320 e. The van der Waals surface area contributed by atoms with Gasteiger partial charge in [-0.3, -0.25) is 4.79 Å². The first-order valence-electron chi connectivity index (χ1n) is 7.05. The van der Waals surface area contributed by atoms with Crippen molar-refractivity contribution in [1.29, 1.82) is 0 Å². The van der Waals surface area contributed by atoms with Gasteiger partial charge in [-0.05, 0) is 31.0 Å². The van der Waals surface area contributed by atoms with Crippen LogP contribution in [0.15, 0.2) is 42.5 Å². The fraction of sp³-hybridized carbons (Fsp3) is 0.235. The summed E-state index contributed by atoms with van der Waals surface area (Å²) < 4.78 is 41.4. The number of carbonyl (C=O) groups excluding carboxylic acids is 1. The highest BCUT2D eigenvalue weighted by molar-refractivity contribution is 6.00. The third kappa shape index (κ3) is 2.26. The molecular weight excluding hydrogens is 291 g/mol. The molecule has 0 heterocycles. The van der Waals surface area contributed by atoms with Gasteiger partial charge in [-0.15, -0.1) is 0 Å². The van der Waals surface area contributed by atoms with Crippen molar-refractivity contribution < 1.29 is 18.0 Å². The van der Waals surface area contributed by atoms with Crippen molar-refractivity contribution in [2.24, 2.45) is 0 Å². The Kier molecular flexibility index (Phi) is 3.64. The quantitative estimate of drug-likeness (QED) is 0.906. The molecule has 0 unspecified atom stereocenters. The van der Waals surface area contributed by atoms with E-state index in [4.69, 9.17) is 0 Å². The highest BCUT2D eigenvalue weighted by Crippen LogP contribution is 2.45. The van der Waals surface area contributed by atoms with E-state index < -0.39 is 34.5 Å². The van der Waals surface area contributed by atoms with Crippen molar-refractivity contribution >= 4 is 11.6 Å². The second kappa shape index (κ2) is 5.48. The average Bonchev–Trinajstić information content (AvgIpc) is 2.44. The standard InChI is InChI=1S/C17H14F3NO/c18-12-6-2-1-5-11(12)17(9-4-10-17)16(22)21-15-13(19)7-3-8-14(15)20/h1-3,5-8H,4,9-10H2,(H,21,22). The Labute approximate surface area is 126 Å². The lowest BCUT2D eigenvalue weighted by molar-refractivity contribution is -0.124. The van der Waals surface area contributed by atoms with Gasteiger partial charge in [0.05, 0.1) is 5.41 Å². The Balaban J connectivity index is 1.95. The molecule has 1 fully saturated rings. The molecule has 22 heavy (non-hydrogen) atoms. The van der Waals surface area contributed by atoms with Crippen molar-refractivity contribution in [2.75, 3.05) is 5.32 Å². The maximum atomic E-state index is 14.0. The second-order valence-corrected chi connectivity index (χ2v) is 5.47. The molecule has 1 aliphatic carbocycles. The Morgan fingerprint density at radius 2 is 1.50 bits per heavy atom. The Hall–Kier alpha value is -2.30. The predicted octanol–water partition coefficient (Wildman–Crippen LogP) is 4.16. The topological polar surface area (TPSA) is 29.1 Å². The molecule has 5 heteroatoms. The number of nitrogens with one attached hydrogen (secondary N) is 1. The van der Waals surface area contributed by atoms with Gasteiger partial charge in [0.1, 0.15) is 23.1 Å². The molecule has 0 atom stereocenters. The third-order valence-corrected chi connectivity index (χ3v) is 4.23. The van der Waals surface area contributed by atoms with Crippen LogP contribution in [0.5, 0.6) is 0 Å². The Bertz CT molecular complexity index is 705. The highest BCUT2D eigenvalue weighted by atomic mass is 19.1. The lowest BCUT2D eigenvalue weighted by Gasteiger charge is -2.40. The van der Waals surface area contributed by atoms with Gasteiger partial charge >= 0.3 is 0 Å². The summed E-state index contributed by atoms with van der Waals surface area (Å²) in [4.78, 5) is 12.6. The average molecular weight is 305 g/mol. The number of hydrogen-bond donors (Lipinski definition) is 1. The molecule has 1 saturated carbocycles. The predicted molar refractivity (Wildman–Crippen MR) is 76.9 cm³/mol. The zero-order chi connectivity index (χ0) is 15.7. The van der Waals surface area contributed by atoms with E-state index in [1.807, 2.05) is 0 Å². The van der Waals surface area contributed by atoms with Crippen LogP contribution in [0.1, 0.15) is 24.8 Å². The molecule has 0 bridgehead atoms. The van der Waals surface area contributed by atoms with Gasteiger partial charge in [-0.2, -0.15) is 0 Å². The number of halogens is 3. The zero-order valence-corrected chi connectivity index (χ0v) is 11.7. The Morgan fingerprint density at radius 3 is 2.05 bits per heavy atom. The summed E-state index contributed by atoms with van der Waals surface area (Å²) in [6, 6.07) is 9.37. The molecule has 0 saturated heterocycles. The molecular formula is C17H14F3NO. The maximum absolute atomic E-state index is 14.0. The SMILES string of the molecule is O=C(Nc1c(F)cccc1F)C1(c2ccccc2F)CCC1. The number of carbonyl (C=O) groups is 1. The summed E-state index contributed by atoms with van der Waals surface area (Å²) in [5.41, 5.74) is -1.27. The van der Waals surface area contributed by atoms with E-state index in [0.717, 1.165) is 18.6 Å². The normalized spacial score (nSPS) is 16.0. The van der Waals surface area contributed by atoms with Crippen molar-refractivity contribution in [3.8, 4) is 0 Å². The van der Waals surface area contributed by atoms with Gasteiger partial charge in [0.15, 0.2) is 0 Å². The first-order chi connectivity index (χ1) is 10.5. The minimum absolute atomic E-state index is 0.274. The van der Waals surface area contributed by atoms with Crippen LogP contribution in [0, 0.1) is 17.5 Å². The van der Waals surface area contributed by atoms with Crippen molar-refractivity contribution in [3.05, 3.63) is 65.5 Å². The fourth-order valence-corrected chi connectivity index (χ4v) is 2.85. The summed E-state index contributed by atoms with van der Waals surface area (Å²) >= 11 is 0. The van der Waals surface area contributed by atoms with E-state index in [1.54, 1.807) is 18.2 Å². The van der Waals surface area contributed by atoms with Crippen LogP contribution < -0.4 is 5.32 Å². The molecule has 0 radical (unpaired) electrons. The number of amides is 1. The molecule has 1 N–H and O–H groups in total. The molecule has 2 aromatic rings. The van der Waals surface area contributed by atoms with Gasteiger partial charge in [-0.1, -0.05) is 30.7 Å². The van der Waals surface area contributed by atoms with Crippen LogP contribution in [0.25, 0.3) is 0 Å². The summed E-state index contributed by atoms with van der Waals surface area (Å²) in [5, 5.41) is 2.29. The maximum Gasteiger partial charge on any atom is 0.235 e. The molecule has 2 nitrogen and oxygen atoms in total. The van der Waals surface area contributed by atoms with Crippen LogP contribution in [0.3, 0.4) is 0 Å². The third-order valence-electron chi connectivity index (χ3n) is 4.23. The van der Waals surface area contributed by atoms with E-state index in [9.17, 15) is 18.0 Å². The molecule has 1 aliphatic rings. The van der Waals surface area contributed by atoms with E-state index >= 15 is 0 Å².